The van der Waals surface area contributed by atoms with Gasteiger partial charge in [0.05, 0.1) is 5.01 Å². The summed E-state index contributed by atoms with van der Waals surface area (Å²) < 4.78 is 39.5. The lowest BCUT2D eigenvalue weighted by molar-refractivity contribution is -0.142. The van der Waals surface area contributed by atoms with Crippen LogP contribution in [0.3, 0.4) is 0 Å². The van der Waals surface area contributed by atoms with Gasteiger partial charge in [0.1, 0.15) is 12.2 Å². The number of carbonyl (C=O) groups is 2. The topological polar surface area (TPSA) is 68.1 Å². The number of halogens is 3. The lowest BCUT2D eigenvalue weighted by atomic mass is 9.97. The monoisotopic (exact) mass is 426 g/mol. The second-order valence-corrected chi connectivity index (χ2v) is 8.70. The Morgan fingerprint density at radius 2 is 2.00 bits per heavy atom. The second-order valence-electron chi connectivity index (χ2n) is 7.58. The molecule has 0 atom stereocenters. The van der Waals surface area contributed by atoms with Crippen LogP contribution in [0.15, 0.2) is 6.07 Å². The normalized spacial score (nSPS) is 18.2. The van der Waals surface area contributed by atoms with Crippen molar-refractivity contribution in [1.82, 2.24) is 19.7 Å². The van der Waals surface area contributed by atoms with Gasteiger partial charge < -0.3 is 4.90 Å². The van der Waals surface area contributed by atoms with Gasteiger partial charge in [0.15, 0.2) is 11.5 Å². The molecule has 0 aromatic carbocycles. The average molecular weight is 426 g/mol. The molecule has 156 valence electrons. The number of Topliss-reactive ketones (excluding diaryl/α,β-unsaturated/α-hetero) is 1. The molecule has 3 heterocycles. The first-order valence-corrected chi connectivity index (χ1v) is 10.5. The molecule has 2 aliphatic rings. The number of carbonyl (C=O) groups excluding carboxylic acids is 2. The number of hydrogen-bond donors (Lipinski definition) is 0. The van der Waals surface area contributed by atoms with Crippen molar-refractivity contribution in [3.8, 4) is 0 Å². The molecule has 6 nitrogen and oxygen atoms in total. The third-order valence-electron chi connectivity index (χ3n) is 5.54. The average Bonchev–Trinajstić information content (AvgIpc) is 3.27. The Hall–Kier alpha value is -2.23. The molecule has 10 heteroatoms. The Bertz CT molecular complexity index is 942. The minimum absolute atomic E-state index is 0.120. The van der Waals surface area contributed by atoms with E-state index in [4.69, 9.17) is 0 Å². The minimum Gasteiger partial charge on any atom is -0.341 e. The van der Waals surface area contributed by atoms with Crippen LogP contribution in [0.4, 0.5) is 13.2 Å². The summed E-state index contributed by atoms with van der Waals surface area (Å²) >= 11 is 1.61. The van der Waals surface area contributed by atoms with Crippen molar-refractivity contribution in [2.45, 2.75) is 57.7 Å². The highest BCUT2D eigenvalue weighted by atomic mass is 32.1. The summed E-state index contributed by atoms with van der Waals surface area (Å²) in [6.07, 6.45) is -0.712. The van der Waals surface area contributed by atoms with Crippen LogP contribution in [0, 0.1) is 6.92 Å². The SMILES string of the molecule is Cc1cc(C(F)(F)F)nn1CC(=O)N1CCC(c2nc3c(s2)CCCC3=O)CC1. The zero-order valence-corrected chi connectivity index (χ0v) is 16.8. The molecule has 0 N–H and O–H groups in total. The Morgan fingerprint density at radius 3 is 2.62 bits per heavy atom. The molecular weight excluding hydrogens is 405 g/mol. The molecule has 2 aromatic rings. The van der Waals surface area contributed by atoms with E-state index in [1.54, 1.807) is 16.2 Å². The van der Waals surface area contributed by atoms with Crippen LogP contribution < -0.4 is 0 Å². The van der Waals surface area contributed by atoms with Gasteiger partial charge in [0.25, 0.3) is 0 Å². The van der Waals surface area contributed by atoms with Crippen molar-refractivity contribution < 1.29 is 22.8 Å². The summed E-state index contributed by atoms with van der Waals surface area (Å²) in [7, 11) is 0. The van der Waals surface area contributed by atoms with E-state index in [0.29, 0.717) is 30.9 Å². The predicted octanol–water partition coefficient (Wildman–Crippen LogP) is 3.59. The smallest absolute Gasteiger partial charge is 0.341 e. The maximum absolute atomic E-state index is 12.8. The number of aromatic nitrogens is 3. The highest BCUT2D eigenvalue weighted by Gasteiger charge is 2.35. The first-order chi connectivity index (χ1) is 13.7. The van der Waals surface area contributed by atoms with E-state index in [1.165, 1.54) is 6.92 Å². The van der Waals surface area contributed by atoms with Crippen molar-refractivity contribution in [1.29, 1.82) is 0 Å². The van der Waals surface area contributed by atoms with Crippen LogP contribution in [0.1, 0.15) is 63.4 Å². The lowest BCUT2D eigenvalue weighted by Gasteiger charge is -2.31. The number of nitrogens with zero attached hydrogens (tertiary/aromatic N) is 4. The van der Waals surface area contributed by atoms with Crippen molar-refractivity contribution in [2.75, 3.05) is 13.1 Å². The molecule has 0 saturated carbocycles. The molecule has 1 saturated heterocycles. The Labute approximate surface area is 169 Å². The first-order valence-electron chi connectivity index (χ1n) is 9.64. The third kappa shape index (κ3) is 4.08. The zero-order chi connectivity index (χ0) is 20.8. The van der Waals surface area contributed by atoms with Crippen LogP contribution in [0.5, 0.6) is 0 Å². The number of ketones is 1. The number of alkyl halides is 3. The zero-order valence-electron chi connectivity index (χ0n) is 16.0. The van der Waals surface area contributed by atoms with Crippen LogP contribution in [0.2, 0.25) is 0 Å². The molecule has 1 aliphatic carbocycles. The standard InChI is InChI=1S/C19H21F3N4O2S/c1-11-9-15(19(20,21)22)24-26(11)10-16(28)25-7-5-12(6-8-25)18-23-17-13(27)3-2-4-14(17)29-18/h9,12H,2-8,10H2,1H3. The van der Waals surface area contributed by atoms with Crippen molar-refractivity contribution in [3.05, 3.63) is 33.0 Å². The van der Waals surface area contributed by atoms with E-state index in [-0.39, 0.29) is 24.2 Å². The lowest BCUT2D eigenvalue weighted by Crippen LogP contribution is -2.40. The number of hydrogen-bond acceptors (Lipinski definition) is 5. The number of piperidine rings is 1. The summed E-state index contributed by atoms with van der Waals surface area (Å²) in [6.45, 7) is 2.35. The summed E-state index contributed by atoms with van der Waals surface area (Å²) in [5.41, 5.74) is -0.0493. The van der Waals surface area contributed by atoms with Crippen LogP contribution in [0.25, 0.3) is 0 Å². The third-order valence-corrected chi connectivity index (χ3v) is 6.82. The fourth-order valence-corrected chi connectivity index (χ4v) is 5.17. The fourth-order valence-electron chi connectivity index (χ4n) is 3.87. The fraction of sp³-hybridized carbons (Fsp3) is 0.579. The number of rotatable bonds is 3. The number of amides is 1. The van der Waals surface area contributed by atoms with Gasteiger partial charge in [0, 0.05) is 36.0 Å². The molecule has 0 unspecified atom stereocenters. The van der Waals surface area contributed by atoms with Crippen molar-refractivity contribution in [3.63, 3.8) is 0 Å². The Balaban J connectivity index is 1.37. The number of aryl methyl sites for hydroxylation is 2. The highest BCUT2D eigenvalue weighted by Crippen LogP contribution is 2.35. The number of likely N-dealkylation sites (tertiary alicyclic amines) is 1. The van der Waals surface area contributed by atoms with E-state index in [0.717, 1.165) is 46.3 Å². The van der Waals surface area contributed by atoms with Gasteiger partial charge in [-0.1, -0.05) is 0 Å². The van der Waals surface area contributed by atoms with Crippen LogP contribution >= 0.6 is 11.3 Å². The molecule has 1 fully saturated rings. The first kappa shape index (κ1) is 20.1. The maximum Gasteiger partial charge on any atom is 0.435 e. The predicted molar refractivity (Wildman–Crippen MR) is 99.9 cm³/mol. The molecule has 0 spiro atoms. The van der Waals surface area contributed by atoms with E-state index >= 15 is 0 Å². The maximum atomic E-state index is 12.8. The molecule has 1 aliphatic heterocycles. The van der Waals surface area contributed by atoms with Crippen molar-refractivity contribution >= 4 is 23.0 Å². The van der Waals surface area contributed by atoms with Crippen LogP contribution in [-0.2, 0) is 23.9 Å². The highest BCUT2D eigenvalue weighted by molar-refractivity contribution is 7.12. The Morgan fingerprint density at radius 1 is 1.28 bits per heavy atom. The molecule has 0 radical (unpaired) electrons. The van der Waals surface area contributed by atoms with Gasteiger partial charge in [-0.3, -0.25) is 14.3 Å². The molecule has 29 heavy (non-hydrogen) atoms. The molecule has 4 rings (SSSR count). The van der Waals surface area contributed by atoms with E-state index in [2.05, 4.69) is 10.1 Å². The quantitative estimate of drug-likeness (QED) is 0.752. The van der Waals surface area contributed by atoms with Crippen LogP contribution in [-0.4, -0.2) is 44.4 Å². The molecule has 0 bridgehead atoms. The molecular formula is C19H21F3N4O2S. The number of thiazole rings is 1. The van der Waals surface area contributed by atoms with Gasteiger partial charge in [-0.2, -0.15) is 18.3 Å². The van der Waals surface area contributed by atoms with Gasteiger partial charge in [-0.05, 0) is 38.7 Å². The summed E-state index contributed by atoms with van der Waals surface area (Å²) in [5, 5.41) is 4.49. The summed E-state index contributed by atoms with van der Waals surface area (Å²) in [6, 6.07) is 0.949. The Kier molecular flexibility index (Phi) is 5.22. The molecule has 1 amide bonds. The largest absolute Gasteiger partial charge is 0.435 e. The summed E-state index contributed by atoms with van der Waals surface area (Å²) in [4.78, 5) is 31.9. The van der Waals surface area contributed by atoms with Gasteiger partial charge in [-0.25, -0.2) is 4.98 Å². The minimum atomic E-state index is -4.52. The van der Waals surface area contributed by atoms with Crippen molar-refractivity contribution in [2.24, 2.45) is 0 Å². The van der Waals surface area contributed by atoms with E-state index in [1.807, 2.05) is 0 Å². The van der Waals surface area contributed by atoms with Gasteiger partial charge in [0.2, 0.25) is 5.91 Å². The van der Waals surface area contributed by atoms with Gasteiger partial charge >= 0.3 is 6.18 Å². The summed E-state index contributed by atoms with van der Waals surface area (Å²) in [5.74, 6) is 0.0943. The van der Waals surface area contributed by atoms with E-state index in [9.17, 15) is 22.8 Å². The number of fused-ring (bicyclic) bond motifs is 1. The second kappa shape index (κ2) is 7.55. The van der Waals surface area contributed by atoms with Gasteiger partial charge in [-0.15, -0.1) is 11.3 Å². The molecule has 2 aromatic heterocycles. The van der Waals surface area contributed by atoms with E-state index < -0.39 is 11.9 Å².